The standard InChI is InChI=1S/C17H26FNO/c1-3-13-19-16(14-7-9-15(18)10-8-14)17(20-4-2)11-5-6-12-17/h7-10,16,19H,3-6,11-13H2,1-2H3. The molecule has 2 nitrogen and oxygen atoms in total. The molecule has 0 aromatic heterocycles. The Morgan fingerprint density at radius 1 is 1.20 bits per heavy atom. The van der Waals surface area contributed by atoms with Crippen molar-refractivity contribution in [1.82, 2.24) is 5.32 Å². The molecule has 0 spiro atoms. The molecule has 0 aliphatic heterocycles. The maximum atomic E-state index is 13.2. The molecule has 0 bridgehead atoms. The highest BCUT2D eigenvalue weighted by atomic mass is 19.1. The topological polar surface area (TPSA) is 21.3 Å². The average Bonchev–Trinajstić information content (AvgIpc) is 2.91. The van der Waals surface area contributed by atoms with Crippen LogP contribution in [-0.2, 0) is 4.74 Å². The van der Waals surface area contributed by atoms with Gasteiger partial charge in [0.1, 0.15) is 5.82 Å². The second-order valence-corrected chi connectivity index (χ2v) is 5.64. The Morgan fingerprint density at radius 3 is 2.40 bits per heavy atom. The third-order valence-corrected chi connectivity index (χ3v) is 4.21. The van der Waals surface area contributed by atoms with Crippen molar-refractivity contribution in [3.05, 3.63) is 35.6 Å². The average molecular weight is 279 g/mol. The van der Waals surface area contributed by atoms with Crippen LogP contribution < -0.4 is 5.32 Å². The van der Waals surface area contributed by atoms with Gasteiger partial charge in [-0.1, -0.05) is 31.9 Å². The van der Waals surface area contributed by atoms with Gasteiger partial charge in [-0.2, -0.15) is 0 Å². The Hall–Kier alpha value is -0.930. The molecule has 1 aliphatic rings. The van der Waals surface area contributed by atoms with E-state index in [0.717, 1.165) is 38.0 Å². The van der Waals surface area contributed by atoms with Crippen molar-refractivity contribution in [1.29, 1.82) is 0 Å². The Morgan fingerprint density at radius 2 is 1.85 bits per heavy atom. The highest BCUT2D eigenvalue weighted by Gasteiger charge is 2.42. The smallest absolute Gasteiger partial charge is 0.123 e. The maximum absolute atomic E-state index is 13.2. The summed E-state index contributed by atoms with van der Waals surface area (Å²) in [5, 5.41) is 3.63. The van der Waals surface area contributed by atoms with E-state index in [-0.39, 0.29) is 17.5 Å². The van der Waals surface area contributed by atoms with Gasteiger partial charge in [-0.25, -0.2) is 4.39 Å². The van der Waals surface area contributed by atoms with Gasteiger partial charge in [0, 0.05) is 6.61 Å². The molecule has 1 fully saturated rings. The fourth-order valence-electron chi connectivity index (χ4n) is 3.33. The largest absolute Gasteiger partial charge is 0.373 e. The lowest BCUT2D eigenvalue weighted by Crippen LogP contribution is -2.44. The normalized spacial score (nSPS) is 19.1. The van der Waals surface area contributed by atoms with E-state index in [1.807, 2.05) is 12.1 Å². The van der Waals surface area contributed by atoms with E-state index >= 15 is 0 Å². The van der Waals surface area contributed by atoms with Crippen molar-refractivity contribution in [3.8, 4) is 0 Å². The molecular weight excluding hydrogens is 253 g/mol. The molecule has 0 saturated heterocycles. The molecule has 3 heteroatoms. The van der Waals surface area contributed by atoms with Gasteiger partial charge in [0.15, 0.2) is 0 Å². The lowest BCUT2D eigenvalue weighted by molar-refractivity contribution is -0.0626. The monoisotopic (exact) mass is 279 g/mol. The second kappa shape index (κ2) is 7.19. The van der Waals surface area contributed by atoms with Crippen LogP contribution in [0.1, 0.15) is 57.6 Å². The van der Waals surface area contributed by atoms with Crippen LogP contribution >= 0.6 is 0 Å². The molecular formula is C17H26FNO. The van der Waals surface area contributed by atoms with Crippen LogP contribution in [0.15, 0.2) is 24.3 Å². The quantitative estimate of drug-likeness (QED) is 0.807. The molecule has 20 heavy (non-hydrogen) atoms. The summed E-state index contributed by atoms with van der Waals surface area (Å²) in [5.41, 5.74) is 1.01. The summed E-state index contributed by atoms with van der Waals surface area (Å²) in [7, 11) is 0. The fraction of sp³-hybridized carbons (Fsp3) is 0.647. The van der Waals surface area contributed by atoms with E-state index in [1.54, 1.807) is 12.1 Å². The van der Waals surface area contributed by atoms with Crippen LogP contribution in [0.4, 0.5) is 4.39 Å². The van der Waals surface area contributed by atoms with Crippen LogP contribution in [0.25, 0.3) is 0 Å². The number of halogens is 1. The zero-order valence-corrected chi connectivity index (χ0v) is 12.6. The number of hydrogen-bond donors (Lipinski definition) is 1. The van der Waals surface area contributed by atoms with Gasteiger partial charge in [0.25, 0.3) is 0 Å². The first-order valence-electron chi connectivity index (χ1n) is 7.84. The number of nitrogens with one attached hydrogen (secondary N) is 1. The van der Waals surface area contributed by atoms with Gasteiger partial charge in [-0.05, 0) is 50.4 Å². The van der Waals surface area contributed by atoms with E-state index in [2.05, 4.69) is 19.2 Å². The molecule has 1 N–H and O–H groups in total. The minimum absolute atomic E-state index is 0.123. The summed E-state index contributed by atoms with van der Waals surface area (Å²) in [5.74, 6) is -0.181. The summed E-state index contributed by atoms with van der Waals surface area (Å²) in [4.78, 5) is 0. The molecule has 1 aromatic carbocycles. The number of ether oxygens (including phenoxy) is 1. The number of rotatable bonds is 7. The van der Waals surface area contributed by atoms with E-state index in [0.29, 0.717) is 0 Å². The Kier molecular flexibility index (Phi) is 5.55. The lowest BCUT2D eigenvalue weighted by atomic mass is 9.86. The Bertz CT molecular complexity index is 398. The molecule has 0 heterocycles. The van der Waals surface area contributed by atoms with Crippen LogP contribution in [0.3, 0.4) is 0 Å². The SMILES string of the molecule is CCCNC(c1ccc(F)cc1)C1(OCC)CCCC1. The van der Waals surface area contributed by atoms with Gasteiger partial charge >= 0.3 is 0 Å². The van der Waals surface area contributed by atoms with Crippen molar-refractivity contribution in [2.75, 3.05) is 13.2 Å². The van der Waals surface area contributed by atoms with E-state index in [4.69, 9.17) is 4.74 Å². The predicted octanol–water partition coefficient (Wildman–Crippen LogP) is 4.22. The Balaban J connectivity index is 2.27. The first-order valence-corrected chi connectivity index (χ1v) is 7.84. The fourth-order valence-corrected chi connectivity index (χ4v) is 3.33. The second-order valence-electron chi connectivity index (χ2n) is 5.64. The molecule has 0 amide bonds. The van der Waals surface area contributed by atoms with Crippen molar-refractivity contribution < 1.29 is 9.13 Å². The summed E-state index contributed by atoms with van der Waals surface area (Å²) in [6, 6.07) is 7.03. The van der Waals surface area contributed by atoms with E-state index in [1.165, 1.54) is 12.8 Å². The highest BCUT2D eigenvalue weighted by molar-refractivity contribution is 5.24. The molecule has 0 radical (unpaired) electrons. The van der Waals surface area contributed by atoms with Crippen LogP contribution in [0, 0.1) is 5.82 Å². The van der Waals surface area contributed by atoms with Crippen molar-refractivity contribution >= 4 is 0 Å². The molecule has 2 rings (SSSR count). The van der Waals surface area contributed by atoms with E-state index < -0.39 is 0 Å². The summed E-state index contributed by atoms with van der Waals surface area (Å²) in [6.45, 7) is 5.90. The molecule has 112 valence electrons. The molecule has 1 aliphatic carbocycles. The van der Waals surface area contributed by atoms with Crippen molar-refractivity contribution in [3.63, 3.8) is 0 Å². The van der Waals surface area contributed by atoms with Gasteiger partial charge in [0.05, 0.1) is 11.6 Å². The van der Waals surface area contributed by atoms with Crippen LogP contribution in [0.5, 0.6) is 0 Å². The molecule has 1 aromatic rings. The third kappa shape index (κ3) is 3.39. The van der Waals surface area contributed by atoms with Crippen molar-refractivity contribution in [2.45, 2.75) is 57.6 Å². The van der Waals surface area contributed by atoms with Gasteiger partial charge < -0.3 is 10.1 Å². The molecule has 1 atom stereocenters. The van der Waals surface area contributed by atoms with Gasteiger partial charge in [-0.3, -0.25) is 0 Å². The number of benzene rings is 1. The van der Waals surface area contributed by atoms with Crippen LogP contribution in [0.2, 0.25) is 0 Å². The highest BCUT2D eigenvalue weighted by Crippen LogP contribution is 2.43. The minimum Gasteiger partial charge on any atom is -0.373 e. The zero-order valence-electron chi connectivity index (χ0n) is 12.6. The summed E-state index contributed by atoms with van der Waals surface area (Å²) >= 11 is 0. The molecule has 1 saturated carbocycles. The zero-order chi connectivity index (χ0) is 14.4. The van der Waals surface area contributed by atoms with Crippen LogP contribution in [-0.4, -0.2) is 18.8 Å². The molecule has 1 unspecified atom stereocenters. The summed E-state index contributed by atoms with van der Waals surface area (Å²) < 4.78 is 19.3. The lowest BCUT2D eigenvalue weighted by Gasteiger charge is -2.38. The van der Waals surface area contributed by atoms with E-state index in [9.17, 15) is 4.39 Å². The van der Waals surface area contributed by atoms with Crippen molar-refractivity contribution in [2.24, 2.45) is 0 Å². The number of hydrogen-bond acceptors (Lipinski definition) is 2. The Labute approximate surface area is 121 Å². The maximum Gasteiger partial charge on any atom is 0.123 e. The first-order chi connectivity index (χ1) is 9.72. The summed E-state index contributed by atoms with van der Waals surface area (Å²) in [6.07, 6.45) is 5.68. The minimum atomic E-state index is -0.181. The van der Waals surface area contributed by atoms with Gasteiger partial charge in [-0.15, -0.1) is 0 Å². The predicted molar refractivity (Wildman–Crippen MR) is 80.3 cm³/mol. The first kappa shape index (κ1) is 15.5. The van der Waals surface area contributed by atoms with Gasteiger partial charge in [0.2, 0.25) is 0 Å². The third-order valence-electron chi connectivity index (χ3n) is 4.21.